The molecule has 0 bridgehead atoms. The summed E-state index contributed by atoms with van der Waals surface area (Å²) in [5.74, 6) is 0.766. The third-order valence-electron chi connectivity index (χ3n) is 3.47. The van der Waals surface area contributed by atoms with Crippen LogP contribution in [0.3, 0.4) is 0 Å². The second kappa shape index (κ2) is 7.45. The van der Waals surface area contributed by atoms with Gasteiger partial charge < -0.3 is 14.5 Å². The fourth-order valence-corrected chi connectivity index (χ4v) is 2.27. The van der Waals surface area contributed by atoms with Crippen molar-refractivity contribution in [2.45, 2.75) is 12.8 Å². The summed E-state index contributed by atoms with van der Waals surface area (Å²) in [6.07, 6.45) is 2.53. The lowest BCUT2D eigenvalue weighted by atomic mass is 10.1. The van der Waals surface area contributed by atoms with E-state index in [4.69, 9.17) is 9.15 Å². The number of benzene rings is 2. The molecular weight excluding hydrogens is 292 g/mol. The monoisotopic (exact) mass is 310 g/mol. The van der Waals surface area contributed by atoms with Crippen molar-refractivity contribution in [1.29, 1.82) is 0 Å². The average molecular weight is 310 g/mol. The fraction of sp³-hybridized carbons (Fsp3) is 0.222. The molecule has 0 aliphatic carbocycles. The molecule has 0 atom stereocenters. The molecule has 3 rings (SSSR count). The Balaban J connectivity index is 1.37. The molecule has 118 valence electrons. The molecule has 3 aromatic rings. The van der Waals surface area contributed by atoms with Crippen molar-refractivity contribution in [2.24, 2.45) is 0 Å². The Labute approximate surface area is 134 Å². The minimum Gasteiger partial charge on any atom is -0.493 e. The Hall–Kier alpha value is -2.82. The SMILES string of the molecule is O=C(CCOc1ccccc1)NCCc1ccc2ncoc2c1. The number of carbonyl (C=O) groups is 1. The zero-order valence-electron chi connectivity index (χ0n) is 12.7. The van der Waals surface area contributed by atoms with E-state index in [9.17, 15) is 4.79 Å². The molecule has 0 saturated heterocycles. The van der Waals surface area contributed by atoms with Crippen molar-refractivity contribution in [1.82, 2.24) is 10.3 Å². The highest BCUT2D eigenvalue weighted by Gasteiger charge is 2.03. The number of hydrogen-bond acceptors (Lipinski definition) is 4. The Morgan fingerprint density at radius 2 is 2.04 bits per heavy atom. The third kappa shape index (κ3) is 4.32. The third-order valence-corrected chi connectivity index (χ3v) is 3.47. The van der Waals surface area contributed by atoms with E-state index in [0.29, 0.717) is 19.6 Å². The molecule has 1 aromatic heterocycles. The molecule has 0 radical (unpaired) electrons. The number of para-hydroxylation sites is 1. The Kier molecular flexibility index (Phi) is 4.88. The molecule has 5 nitrogen and oxygen atoms in total. The predicted molar refractivity (Wildman–Crippen MR) is 87.3 cm³/mol. The van der Waals surface area contributed by atoms with Crippen LogP contribution in [-0.4, -0.2) is 24.0 Å². The standard InChI is InChI=1S/C18H18N2O3/c21-18(9-11-22-15-4-2-1-3-5-15)19-10-8-14-6-7-16-17(12-14)23-13-20-16/h1-7,12-13H,8-11H2,(H,19,21). The van der Waals surface area contributed by atoms with E-state index >= 15 is 0 Å². The van der Waals surface area contributed by atoms with E-state index < -0.39 is 0 Å². The van der Waals surface area contributed by atoms with Crippen LogP contribution in [0.1, 0.15) is 12.0 Å². The number of oxazole rings is 1. The van der Waals surface area contributed by atoms with Crippen LogP contribution in [0.5, 0.6) is 5.75 Å². The number of amides is 1. The highest BCUT2D eigenvalue weighted by atomic mass is 16.5. The fourth-order valence-electron chi connectivity index (χ4n) is 2.27. The summed E-state index contributed by atoms with van der Waals surface area (Å²) < 4.78 is 10.8. The van der Waals surface area contributed by atoms with Gasteiger partial charge in [-0.25, -0.2) is 4.98 Å². The molecule has 5 heteroatoms. The summed E-state index contributed by atoms with van der Waals surface area (Å²) in [4.78, 5) is 15.9. The number of rotatable bonds is 7. The average Bonchev–Trinajstić information content (AvgIpc) is 3.03. The molecule has 0 unspecified atom stereocenters. The number of hydrogen-bond donors (Lipinski definition) is 1. The van der Waals surface area contributed by atoms with Gasteiger partial charge in [-0.1, -0.05) is 24.3 Å². The van der Waals surface area contributed by atoms with Gasteiger partial charge >= 0.3 is 0 Å². The van der Waals surface area contributed by atoms with E-state index in [1.807, 2.05) is 48.5 Å². The number of aromatic nitrogens is 1. The van der Waals surface area contributed by atoms with Crippen LogP contribution >= 0.6 is 0 Å². The smallest absolute Gasteiger partial charge is 0.223 e. The first-order valence-electron chi connectivity index (χ1n) is 7.58. The van der Waals surface area contributed by atoms with Crippen LogP contribution < -0.4 is 10.1 Å². The van der Waals surface area contributed by atoms with Crippen molar-refractivity contribution in [3.8, 4) is 5.75 Å². The van der Waals surface area contributed by atoms with Crippen LogP contribution in [-0.2, 0) is 11.2 Å². The summed E-state index contributed by atoms with van der Waals surface area (Å²) in [7, 11) is 0. The number of ether oxygens (including phenoxy) is 1. The maximum atomic E-state index is 11.8. The summed E-state index contributed by atoms with van der Waals surface area (Å²) in [5, 5.41) is 2.89. The number of nitrogens with zero attached hydrogens (tertiary/aromatic N) is 1. The summed E-state index contributed by atoms with van der Waals surface area (Å²) in [6, 6.07) is 15.3. The molecule has 0 aliphatic rings. The van der Waals surface area contributed by atoms with Crippen LogP contribution in [0.2, 0.25) is 0 Å². The quantitative estimate of drug-likeness (QED) is 0.728. The van der Waals surface area contributed by atoms with Crippen molar-refractivity contribution < 1.29 is 13.9 Å². The molecule has 0 saturated carbocycles. The van der Waals surface area contributed by atoms with Gasteiger partial charge in [-0.05, 0) is 36.2 Å². The lowest BCUT2D eigenvalue weighted by Crippen LogP contribution is -2.27. The van der Waals surface area contributed by atoms with Gasteiger partial charge in [-0.15, -0.1) is 0 Å². The summed E-state index contributed by atoms with van der Waals surface area (Å²) in [5.41, 5.74) is 2.72. The molecular formula is C18H18N2O3. The van der Waals surface area contributed by atoms with Gasteiger partial charge in [0.25, 0.3) is 0 Å². The lowest BCUT2D eigenvalue weighted by Gasteiger charge is -2.07. The van der Waals surface area contributed by atoms with Gasteiger partial charge in [0.15, 0.2) is 12.0 Å². The molecule has 2 aromatic carbocycles. The molecule has 1 heterocycles. The van der Waals surface area contributed by atoms with Crippen LogP contribution in [0.15, 0.2) is 59.3 Å². The van der Waals surface area contributed by atoms with Crippen LogP contribution in [0, 0.1) is 0 Å². The van der Waals surface area contributed by atoms with E-state index in [0.717, 1.165) is 28.8 Å². The van der Waals surface area contributed by atoms with Crippen molar-refractivity contribution in [3.05, 3.63) is 60.5 Å². The first kappa shape index (κ1) is 15.1. The lowest BCUT2D eigenvalue weighted by molar-refractivity contribution is -0.121. The first-order valence-corrected chi connectivity index (χ1v) is 7.58. The Morgan fingerprint density at radius 3 is 2.91 bits per heavy atom. The second-order valence-electron chi connectivity index (χ2n) is 5.17. The normalized spacial score (nSPS) is 10.6. The van der Waals surface area contributed by atoms with Crippen LogP contribution in [0.25, 0.3) is 11.1 Å². The van der Waals surface area contributed by atoms with Gasteiger partial charge in [0.2, 0.25) is 5.91 Å². The second-order valence-corrected chi connectivity index (χ2v) is 5.17. The van der Waals surface area contributed by atoms with Gasteiger partial charge in [-0.3, -0.25) is 4.79 Å². The maximum absolute atomic E-state index is 11.8. The predicted octanol–water partition coefficient (Wildman–Crippen LogP) is 2.96. The van der Waals surface area contributed by atoms with Gasteiger partial charge in [0.05, 0.1) is 13.0 Å². The Morgan fingerprint density at radius 1 is 1.17 bits per heavy atom. The molecule has 0 spiro atoms. The van der Waals surface area contributed by atoms with Gasteiger partial charge in [0, 0.05) is 6.54 Å². The topological polar surface area (TPSA) is 64.4 Å². The van der Waals surface area contributed by atoms with E-state index in [2.05, 4.69) is 10.3 Å². The largest absolute Gasteiger partial charge is 0.493 e. The molecule has 0 aliphatic heterocycles. The number of nitrogens with one attached hydrogen (secondary N) is 1. The summed E-state index contributed by atoms with van der Waals surface area (Å²) in [6.45, 7) is 0.962. The van der Waals surface area contributed by atoms with Crippen molar-refractivity contribution in [2.75, 3.05) is 13.2 Å². The molecule has 23 heavy (non-hydrogen) atoms. The molecule has 1 amide bonds. The van der Waals surface area contributed by atoms with E-state index in [1.54, 1.807) is 0 Å². The minimum absolute atomic E-state index is 0.0123. The highest BCUT2D eigenvalue weighted by molar-refractivity contribution is 5.76. The number of fused-ring (bicyclic) bond motifs is 1. The maximum Gasteiger partial charge on any atom is 0.223 e. The first-order chi connectivity index (χ1) is 11.3. The van der Waals surface area contributed by atoms with E-state index in [-0.39, 0.29) is 5.91 Å². The summed E-state index contributed by atoms with van der Waals surface area (Å²) >= 11 is 0. The molecule has 0 fully saturated rings. The van der Waals surface area contributed by atoms with Crippen LogP contribution in [0.4, 0.5) is 0 Å². The van der Waals surface area contributed by atoms with Crippen molar-refractivity contribution in [3.63, 3.8) is 0 Å². The zero-order chi connectivity index (χ0) is 15.9. The van der Waals surface area contributed by atoms with Gasteiger partial charge in [-0.2, -0.15) is 0 Å². The van der Waals surface area contributed by atoms with E-state index in [1.165, 1.54) is 6.39 Å². The Bertz CT molecular complexity index is 768. The zero-order valence-corrected chi connectivity index (χ0v) is 12.7. The van der Waals surface area contributed by atoms with Gasteiger partial charge in [0.1, 0.15) is 11.3 Å². The van der Waals surface area contributed by atoms with Crippen molar-refractivity contribution >= 4 is 17.0 Å². The number of carbonyl (C=O) groups excluding carboxylic acids is 1. The molecule has 1 N–H and O–H groups in total. The highest BCUT2D eigenvalue weighted by Crippen LogP contribution is 2.14. The minimum atomic E-state index is -0.0123.